The normalized spacial score (nSPS) is 15.7. The molecule has 0 aliphatic carbocycles. The Hall–Kier alpha value is -2.87. The molecule has 0 spiro atoms. The highest BCUT2D eigenvalue weighted by atomic mass is 16.3. The summed E-state index contributed by atoms with van der Waals surface area (Å²) in [6.45, 7) is 1.84. The van der Waals surface area contributed by atoms with Gasteiger partial charge < -0.3 is 9.32 Å². The maximum Gasteiger partial charge on any atom is 0.198 e. The minimum absolute atomic E-state index is 0.358. The molecule has 0 N–H and O–H groups in total. The Morgan fingerprint density at radius 2 is 1.96 bits per heavy atom. The fourth-order valence-corrected chi connectivity index (χ4v) is 3.06. The van der Waals surface area contributed by atoms with Crippen LogP contribution in [0.5, 0.6) is 0 Å². The predicted molar refractivity (Wildman–Crippen MR) is 87.1 cm³/mol. The van der Waals surface area contributed by atoms with E-state index >= 15 is 0 Å². The maximum absolute atomic E-state index is 8.84. The molecule has 1 saturated heterocycles. The molecule has 4 rings (SSSR count). The number of nitrogens with zero attached hydrogens (tertiary/aromatic N) is 4. The van der Waals surface area contributed by atoms with Crippen LogP contribution in [0.3, 0.4) is 0 Å². The molecule has 0 amide bonds. The lowest BCUT2D eigenvalue weighted by Crippen LogP contribution is -2.33. The summed E-state index contributed by atoms with van der Waals surface area (Å²) in [7, 11) is 0. The van der Waals surface area contributed by atoms with Gasteiger partial charge in [0.05, 0.1) is 5.56 Å². The average Bonchev–Trinajstić information content (AvgIpc) is 3.06. The van der Waals surface area contributed by atoms with E-state index in [1.165, 1.54) is 0 Å². The second-order valence-corrected chi connectivity index (χ2v) is 5.80. The zero-order valence-electron chi connectivity index (χ0n) is 12.6. The molecule has 5 heteroatoms. The van der Waals surface area contributed by atoms with Gasteiger partial charge in [0.2, 0.25) is 0 Å². The van der Waals surface area contributed by atoms with Crippen molar-refractivity contribution in [1.29, 1.82) is 5.26 Å². The van der Waals surface area contributed by atoms with Crippen molar-refractivity contribution in [3.8, 4) is 6.07 Å². The number of hydrogen-bond acceptors (Lipinski definition) is 5. The van der Waals surface area contributed by atoms with Crippen molar-refractivity contribution in [2.24, 2.45) is 0 Å². The van der Waals surface area contributed by atoms with Gasteiger partial charge in [-0.2, -0.15) is 5.26 Å². The van der Waals surface area contributed by atoms with Crippen molar-refractivity contribution in [3.05, 3.63) is 54.0 Å². The molecule has 0 radical (unpaired) electrons. The fourth-order valence-electron chi connectivity index (χ4n) is 3.06. The Morgan fingerprint density at radius 1 is 1.13 bits per heavy atom. The Morgan fingerprint density at radius 3 is 2.65 bits per heavy atom. The van der Waals surface area contributed by atoms with E-state index in [0.29, 0.717) is 11.5 Å². The lowest BCUT2D eigenvalue weighted by atomic mass is 9.97. The first-order valence-corrected chi connectivity index (χ1v) is 7.80. The van der Waals surface area contributed by atoms with Crippen LogP contribution >= 0.6 is 0 Å². The molecule has 23 heavy (non-hydrogen) atoms. The lowest BCUT2D eigenvalue weighted by Gasteiger charge is -2.31. The summed E-state index contributed by atoms with van der Waals surface area (Å²) in [5.41, 5.74) is 2.38. The van der Waals surface area contributed by atoms with Gasteiger partial charge in [0, 0.05) is 25.2 Å². The van der Waals surface area contributed by atoms with Crippen molar-refractivity contribution < 1.29 is 4.42 Å². The molecule has 0 saturated carbocycles. The summed E-state index contributed by atoms with van der Waals surface area (Å²) in [5, 5.41) is 8.84. The Kier molecular flexibility index (Phi) is 3.43. The molecular formula is C18H16N4O. The van der Waals surface area contributed by atoms with Crippen LogP contribution in [0.2, 0.25) is 0 Å². The highest BCUT2D eigenvalue weighted by molar-refractivity contribution is 5.72. The fraction of sp³-hybridized carbons (Fsp3) is 0.278. The third-order valence-corrected chi connectivity index (χ3v) is 4.36. The Labute approximate surface area is 134 Å². The van der Waals surface area contributed by atoms with Crippen LogP contribution in [0.1, 0.15) is 30.2 Å². The molecule has 0 unspecified atom stereocenters. The molecule has 1 aromatic carbocycles. The summed E-state index contributed by atoms with van der Waals surface area (Å²) in [6, 6.07) is 13.7. The van der Waals surface area contributed by atoms with Crippen LogP contribution in [0.25, 0.3) is 11.1 Å². The first-order chi connectivity index (χ1) is 11.3. The molecule has 1 aliphatic heterocycles. The molecule has 0 bridgehead atoms. The molecule has 114 valence electrons. The minimum Gasteiger partial charge on any atom is -0.440 e. The van der Waals surface area contributed by atoms with Gasteiger partial charge in [-0.25, -0.2) is 9.97 Å². The van der Waals surface area contributed by atoms with E-state index in [2.05, 4.69) is 20.9 Å². The second-order valence-electron chi connectivity index (χ2n) is 5.80. The van der Waals surface area contributed by atoms with Gasteiger partial charge in [-0.3, -0.25) is 0 Å². The quantitative estimate of drug-likeness (QED) is 0.725. The van der Waals surface area contributed by atoms with Gasteiger partial charge in [-0.05, 0) is 37.1 Å². The lowest BCUT2D eigenvalue weighted by molar-refractivity contribution is 0.406. The molecule has 3 aromatic rings. The van der Waals surface area contributed by atoms with Gasteiger partial charge in [-0.1, -0.05) is 12.1 Å². The van der Waals surface area contributed by atoms with Crippen molar-refractivity contribution in [1.82, 2.24) is 9.97 Å². The number of benzene rings is 1. The molecule has 2 aromatic heterocycles. The third kappa shape index (κ3) is 2.64. The largest absolute Gasteiger partial charge is 0.440 e. The number of pyridine rings is 1. The van der Waals surface area contributed by atoms with E-state index in [9.17, 15) is 0 Å². The van der Waals surface area contributed by atoms with Crippen molar-refractivity contribution in [2.45, 2.75) is 18.8 Å². The Bertz CT molecular complexity index is 822. The van der Waals surface area contributed by atoms with Crippen LogP contribution in [0.15, 0.2) is 47.0 Å². The molecule has 5 nitrogen and oxygen atoms in total. The summed E-state index contributed by atoms with van der Waals surface area (Å²) < 4.78 is 5.90. The highest BCUT2D eigenvalue weighted by Crippen LogP contribution is 2.31. The second kappa shape index (κ2) is 5.73. The minimum atomic E-state index is 0.358. The molecule has 3 heterocycles. The highest BCUT2D eigenvalue weighted by Gasteiger charge is 2.25. The van der Waals surface area contributed by atoms with Gasteiger partial charge in [0.1, 0.15) is 17.4 Å². The third-order valence-electron chi connectivity index (χ3n) is 4.36. The van der Waals surface area contributed by atoms with Crippen molar-refractivity contribution in [3.63, 3.8) is 0 Å². The number of rotatable bonds is 2. The summed E-state index contributed by atoms with van der Waals surface area (Å²) >= 11 is 0. The van der Waals surface area contributed by atoms with E-state index in [1.807, 2.05) is 36.4 Å². The summed E-state index contributed by atoms with van der Waals surface area (Å²) in [4.78, 5) is 11.2. The van der Waals surface area contributed by atoms with Crippen LogP contribution < -0.4 is 4.90 Å². The molecule has 1 aliphatic rings. The summed E-state index contributed by atoms with van der Waals surface area (Å²) in [5.74, 6) is 2.13. The number of aromatic nitrogens is 2. The SMILES string of the molecule is N#Cc1ccc(N2CCC(c3nc4ccccc4o3)CC2)nc1. The van der Waals surface area contributed by atoms with Gasteiger partial charge >= 0.3 is 0 Å². The molecule has 0 atom stereocenters. The topological polar surface area (TPSA) is 66.0 Å². The summed E-state index contributed by atoms with van der Waals surface area (Å²) in [6.07, 6.45) is 3.62. The average molecular weight is 304 g/mol. The van der Waals surface area contributed by atoms with E-state index < -0.39 is 0 Å². The first-order valence-electron chi connectivity index (χ1n) is 7.80. The van der Waals surface area contributed by atoms with E-state index in [4.69, 9.17) is 9.68 Å². The zero-order valence-corrected chi connectivity index (χ0v) is 12.6. The van der Waals surface area contributed by atoms with E-state index in [1.54, 1.807) is 6.20 Å². The smallest absolute Gasteiger partial charge is 0.198 e. The van der Waals surface area contributed by atoms with Crippen LogP contribution in [-0.4, -0.2) is 23.1 Å². The number of hydrogen-bond donors (Lipinski definition) is 0. The van der Waals surface area contributed by atoms with E-state index in [-0.39, 0.29) is 0 Å². The number of piperidine rings is 1. The van der Waals surface area contributed by atoms with Gasteiger partial charge in [0.15, 0.2) is 11.5 Å². The number of oxazole rings is 1. The Balaban J connectivity index is 1.46. The van der Waals surface area contributed by atoms with Crippen molar-refractivity contribution in [2.75, 3.05) is 18.0 Å². The zero-order chi connectivity index (χ0) is 15.6. The predicted octanol–water partition coefficient (Wildman–Crippen LogP) is 3.48. The molecular weight excluding hydrogens is 288 g/mol. The van der Waals surface area contributed by atoms with Crippen LogP contribution in [0, 0.1) is 11.3 Å². The maximum atomic E-state index is 8.84. The van der Waals surface area contributed by atoms with Gasteiger partial charge in [-0.15, -0.1) is 0 Å². The number of para-hydroxylation sites is 2. The van der Waals surface area contributed by atoms with Gasteiger partial charge in [0.25, 0.3) is 0 Å². The van der Waals surface area contributed by atoms with Crippen LogP contribution in [-0.2, 0) is 0 Å². The van der Waals surface area contributed by atoms with Crippen molar-refractivity contribution >= 4 is 16.9 Å². The number of fused-ring (bicyclic) bond motifs is 1. The monoisotopic (exact) mass is 304 g/mol. The standard InChI is InChI=1S/C18H16N4O/c19-11-13-5-6-17(20-12-13)22-9-7-14(8-10-22)18-21-15-3-1-2-4-16(15)23-18/h1-6,12,14H,7-10H2. The number of anilines is 1. The van der Waals surface area contributed by atoms with Crippen LogP contribution in [0.4, 0.5) is 5.82 Å². The van der Waals surface area contributed by atoms with E-state index in [0.717, 1.165) is 48.7 Å². The molecule has 1 fully saturated rings. The number of nitriles is 1. The first kappa shape index (κ1) is 13.8.